The van der Waals surface area contributed by atoms with E-state index in [9.17, 15) is 4.79 Å². The second-order valence-electron chi connectivity index (χ2n) is 5.74. The molecular formula is C16H23N3O. The lowest BCUT2D eigenvalue weighted by Gasteiger charge is -2.36. The maximum Gasteiger partial charge on any atom is 0.239 e. The molecule has 4 heteroatoms. The number of hydrogen-bond donors (Lipinski definition) is 1. The molecule has 1 atom stereocenters. The molecule has 0 bridgehead atoms. The molecule has 0 aliphatic carbocycles. The van der Waals surface area contributed by atoms with E-state index in [1.807, 2.05) is 11.8 Å². The normalized spacial score (nSPS) is 21.4. The number of nitrogens with one attached hydrogen (secondary N) is 1. The minimum atomic E-state index is 0.00219. The van der Waals surface area contributed by atoms with Gasteiger partial charge in [0, 0.05) is 39.3 Å². The van der Waals surface area contributed by atoms with Gasteiger partial charge in [-0.05, 0) is 24.5 Å². The molecule has 108 valence electrons. The van der Waals surface area contributed by atoms with Gasteiger partial charge in [0.1, 0.15) is 0 Å². The van der Waals surface area contributed by atoms with Crippen molar-refractivity contribution in [3.63, 3.8) is 0 Å². The number of hydrogen-bond acceptors (Lipinski definition) is 3. The molecule has 1 unspecified atom stereocenters. The first-order chi connectivity index (χ1) is 9.75. The Morgan fingerprint density at radius 2 is 1.85 bits per heavy atom. The maximum atomic E-state index is 12.7. The third-order valence-electron chi connectivity index (χ3n) is 4.50. The Kier molecular flexibility index (Phi) is 4.03. The summed E-state index contributed by atoms with van der Waals surface area (Å²) in [5.74, 6) is 0.279. The summed E-state index contributed by atoms with van der Waals surface area (Å²) in [5.41, 5.74) is 2.70. The Balaban J connectivity index is 1.66. The first-order valence-electron chi connectivity index (χ1n) is 7.56. The Morgan fingerprint density at radius 3 is 2.60 bits per heavy atom. The maximum absolute atomic E-state index is 12.7. The molecule has 20 heavy (non-hydrogen) atoms. The third-order valence-corrected chi connectivity index (χ3v) is 4.50. The smallest absolute Gasteiger partial charge is 0.239 e. The lowest BCUT2D eigenvalue weighted by atomic mass is 9.99. The SMILES string of the molecule is CC(C(=O)N1CCc2ccccc2C1)N1CCNCC1. The fraction of sp³-hybridized carbons (Fsp3) is 0.562. The molecule has 0 saturated carbocycles. The van der Waals surface area contributed by atoms with E-state index in [1.165, 1.54) is 11.1 Å². The van der Waals surface area contributed by atoms with Crippen molar-refractivity contribution in [2.45, 2.75) is 25.9 Å². The van der Waals surface area contributed by atoms with E-state index in [-0.39, 0.29) is 11.9 Å². The van der Waals surface area contributed by atoms with Crippen molar-refractivity contribution < 1.29 is 4.79 Å². The molecule has 1 amide bonds. The molecule has 1 N–H and O–H groups in total. The molecule has 3 rings (SSSR count). The molecule has 2 aliphatic rings. The predicted molar refractivity (Wildman–Crippen MR) is 79.5 cm³/mol. The molecule has 1 saturated heterocycles. The van der Waals surface area contributed by atoms with Crippen molar-refractivity contribution in [2.75, 3.05) is 32.7 Å². The molecule has 2 heterocycles. The van der Waals surface area contributed by atoms with Gasteiger partial charge < -0.3 is 10.2 Å². The minimum Gasteiger partial charge on any atom is -0.337 e. The van der Waals surface area contributed by atoms with Crippen molar-refractivity contribution in [1.82, 2.24) is 15.1 Å². The Bertz CT molecular complexity index is 482. The van der Waals surface area contributed by atoms with Crippen LogP contribution in [0.3, 0.4) is 0 Å². The molecule has 0 spiro atoms. The molecule has 1 aromatic rings. The summed E-state index contributed by atoms with van der Waals surface area (Å²) in [6, 6.07) is 8.47. The second kappa shape index (κ2) is 5.94. The zero-order valence-electron chi connectivity index (χ0n) is 12.1. The van der Waals surface area contributed by atoms with Crippen LogP contribution in [0.4, 0.5) is 0 Å². The van der Waals surface area contributed by atoms with Gasteiger partial charge in [0.2, 0.25) is 5.91 Å². The van der Waals surface area contributed by atoms with E-state index in [2.05, 4.69) is 34.5 Å². The third kappa shape index (κ3) is 2.72. The van der Waals surface area contributed by atoms with Crippen LogP contribution in [-0.4, -0.2) is 54.5 Å². The predicted octanol–water partition coefficient (Wildman–Crippen LogP) is 0.865. The first-order valence-corrected chi connectivity index (χ1v) is 7.56. The summed E-state index contributed by atoms with van der Waals surface area (Å²) in [6.07, 6.45) is 0.982. The van der Waals surface area contributed by atoms with Crippen LogP contribution in [0.2, 0.25) is 0 Å². The highest BCUT2D eigenvalue weighted by atomic mass is 16.2. The average molecular weight is 273 g/mol. The average Bonchev–Trinajstić information content (AvgIpc) is 2.54. The van der Waals surface area contributed by atoms with E-state index >= 15 is 0 Å². The topological polar surface area (TPSA) is 35.6 Å². The fourth-order valence-corrected chi connectivity index (χ4v) is 3.17. The Labute approximate surface area is 120 Å². The molecule has 2 aliphatic heterocycles. The van der Waals surface area contributed by atoms with Gasteiger partial charge in [-0.15, -0.1) is 0 Å². The number of carbonyl (C=O) groups is 1. The number of benzene rings is 1. The Morgan fingerprint density at radius 1 is 1.15 bits per heavy atom. The van der Waals surface area contributed by atoms with Gasteiger partial charge in [-0.1, -0.05) is 24.3 Å². The Hall–Kier alpha value is -1.39. The molecule has 1 aromatic carbocycles. The van der Waals surface area contributed by atoms with Gasteiger partial charge in [0.25, 0.3) is 0 Å². The van der Waals surface area contributed by atoms with Crippen molar-refractivity contribution in [2.24, 2.45) is 0 Å². The number of carbonyl (C=O) groups excluding carboxylic acids is 1. The van der Waals surface area contributed by atoms with Crippen molar-refractivity contribution in [3.05, 3.63) is 35.4 Å². The molecule has 0 radical (unpaired) electrons. The highest BCUT2D eigenvalue weighted by Crippen LogP contribution is 2.19. The standard InChI is InChI=1S/C16H23N3O/c1-13(18-10-7-17-8-11-18)16(20)19-9-6-14-4-2-3-5-15(14)12-19/h2-5,13,17H,6-12H2,1H3. The first kappa shape index (κ1) is 13.6. The fourth-order valence-electron chi connectivity index (χ4n) is 3.17. The van der Waals surface area contributed by atoms with Gasteiger partial charge in [0.05, 0.1) is 6.04 Å². The van der Waals surface area contributed by atoms with Crippen LogP contribution in [0.1, 0.15) is 18.1 Å². The number of amides is 1. The van der Waals surface area contributed by atoms with Gasteiger partial charge in [-0.2, -0.15) is 0 Å². The molecule has 0 aromatic heterocycles. The van der Waals surface area contributed by atoms with Crippen LogP contribution in [0.25, 0.3) is 0 Å². The summed E-state index contributed by atoms with van der Waals surface area (Å²) in [6.45, 7) is 7.58. The zero-order valence-corrected chi connectivity index (χ0v) is 12.1. The van der Waals surface area contributed by atoms with Gasteiger partial charge in [0.15, 0.2) is 0 Å². The van der Waals surface area contributed by atoms with E-state index in [0.717, 1.165) is 45.7 Å². The van der Waals surface area contributed by atoms with Crippen LogP contribution < -0.4 is 5.32 Å². The van der Waals surface area contributed by atoms with Crippen LogP contribution in [0, 0.1) is 0 Å². The number of fused-ring (bicyclic) bond motifs is 1. The summed E-state index contributed by atoms with van der Waals surface area (Å²) in [5, 5.41) is 3.33. The summed E-state index contributed by atoms with van der Waals surface area (Å²) in [7, 11) is 0. The minimum absolute atomic E-state index is 0.00219. The number of piperazine rings is 1. The second-order valence-corrected chi connectivity index (χ2v) is 5.74. The van der Waals surface area contributed by atoms with Crippen LogP contribution in [0.15, 0.2) is 24.3 Å². The van der Waals surface area contributed by atoms with Gasteiger partial charge in [-0.3, -0.25) is 9.69 Å². The number of nitrogens with zero attached hydrogens (tertiary/aromatic N) is 2. The molecule has 4 nitrogen and oxygen atoms in total. The summed E-state index contributed by atoms with van der Waals surface area (Å²) < 4.78 is 0. The van der Waals surface area contributed by atoms with Crippen LogP contribution in [0.5, 0.6) is 0 Å². The highest BCUT2D eigenvalue weighted by Gasteiger charge is 2.28. The lowest BCUT2D eigenvalue weighted by Crippen LogP contribution is -2.54. The molecular weight excluding hydrogens is 250 g/mol. The van der Waals surface area contributed by atoms with Crippen molar-refractivity contribution >= 4 is 5.91 Å². The van der Waals surface area contributed by atoms with E-state index < -0.39 is 0 Å². The zero-order chi connectivity index (χ0) is 13.9. The van der Waals surface area contributed by atoms with Crippen molar-refractivity contribution in [3.8, 4) is 0 Å². The quantitative estimate of drug-likeness (QED) is 0.868. The van der Waals surface area contributed by atoms with E-state index in [1.54, 1.807) is 0 Å². The monoisotopic (exact) mass is 273 g/mol. The summed E-state index contributed by atoms with van der Waals surface area (Å²) in [4.78, 5) is 17.0. The largest absolute Gasteiger partial charge is 0.337 e. The number of rotatable bonds is 2. The summed E-state index contributed by atoms with van der Waals surface area (Å²) >= 11 is 0. The van der Waals surface area contributed by atoms with Crippen LogP contribution >= 0.6 is 0 Å². The lowest BCUT2D eigenvalue weighted by molar-refractivity contribution is -0.137. The van der Waals surface area contributed by atoms with Gasteiger partial charge in [-0.25, -0.2) is 0 Å². The van der Waals surface area contributed by atoms with Crippen LogP contribution in [-0.2, 0) is 17.8 Å². The highest BCUT2D eigenvalue weighted by molar-refractivity contribution is 5.81. The van der Waals surface area contributed by atoms with E-state index in [4.69, 9.17) is 0 Å². The van der Waals surface area contributed by atoms with E-state index in [0.29, 0.717) is 0 Å². The molecule has 1 fully saturated rings. The van der Waals surface area contributed by atoms with Gasteiger partial charge >= 0.3 is 0 Å². The van der Waals surface area contributed by atoms with Crippen molar-refractivity contribution in [1.29, 1.82) is 0 Å².